The van der Waals surface area contributed by atoms with E-state index in [2.05, 4.69) is 47.4 Å². The zero-order valence-electron chi connectivity index (χ0n) is 17.8. The van der Waals surface area contributed by atoms with Crippen molar-refractivity contribution in [1.29, 1.82) is 0 Å². The monoisotopic (exact) mass is 431 g/mol. The van der Waals surface area contributed by atoms with Gasteiger partial charge in [-0.1, -0.05) is 24.3 Å². The van der Waals surface area contributed by atoms with E-state index in [0.717, 1.165) is 67.8 Å². The summed E-state index contributed by atoms with van der Waals surface area (Å²) in [5.41, 5.74) is 4.92. The van der Waals surface area contributed by atoms with Crippen molar-refractivity contribution in [2.75, 3.05) is 20.2 Å². The summed E-state index contributed by atoms with van der Waals surface area (Å²) in [6.07, 6.45) is 2.18. The van der Waals surface area contributed by atoms with E-state index in [-0.39, 0.29) is 13.6 Å². The van der Waals surface area contributed by atoms with Gasteiger partial charge in [-0.05, 0) is 65.4 Å². The maximum absolute atomic E-state index is 5.90. The van der Waals surface area contributed by atoms with Crippen molar-refractivity contribution in [3.05, 3.63) is 76.9 Å². The fraction of sp³-hybridized carbons (Fsp3) is 0.308. The third kappa shape index (κ3) is 3.94. The summed E-state index contributed by atoms with van der Waals surface area (Å²) in [5.74, 6) is 4.27. The van der Waals surface area contributed by atoms with Crippen LogP contribution in [0.3, 0.4) is 0 Å². The van der Waals surface area contributed by atoms with Crippen LogP contribution < -0.4 is 23.7 Å². The molecule has 0 aliphatic carbocycles. The smallest absolute Gasteiger partial charge is 0.231 e. The molecule has 3 aromatic rings. The van der Waals surface area contributed by atoms with Gasteiger partial charge in [-0.25, -0.2) is 0 Å². The molecule has 3 heterocycles. The van der Waals surface area contributed by atoms with Gasteiger partial charge in [0.2, 0.25) is 13.6 Å². The predicted molar refractivity (Wildman–Crippen MR) is 118 cm³/mol. The predicted octanol–water partition coefficient (Wildman–Crippen LogP) is 4.67. The maximum Gasteiger partial charge on any atom is 0.231 e. The Hall–Kier alpha value is -3.38. The van der Waals surface area contributed by atoms with Crippen LogP contribution in [-0.4, -0.2) is 25.1 Å². The van der Waals surface area contributed by atoms with E-state index in [0.29, 0.717) is 0 Å². The Balaban J connectivity index is 1.26. The number of benzene rings is 3. The van der Waals surface area contributed by atoms with Gasteiger partial charge in [-0.2, -0.15) is 0 Å². The molecule has 6 rings (SSSR count). The highest BCUT2D eigenvalue weighted by atomic mass is 16.7. The first-order chi connectivity index (χ1) is 15.8. The average molecular weight is 431 g/mol. The lowest BCUT2D eigenvalue weighted by Crippen LogP contribution is -2.22. The molecular weight excluding hydrogens is 406 g/mol. The van der Waals surface area contributed by atoms with Crippen LogP contribution in [-0.2, 0) is 26.1 Å². The summed E-state index contributed by atoms with van der Waals surface area (Å²) in [6.45, 7) is 3.74. The van der Waals surface area contributed by atoms with Crippen LogP contribution in [0, 0.1) is 0 Å². The number of ether oxygens (including phenoxy) is 5. The number of rotatable bonds is 6. The third-order valence-corrected chi connectivity index (χ3v) is 6.07. The molecule has 0 N–H and O–H groups in total. The summed E-state index contributed by atoms with van der Waals surface area (Å²) < 4.78 is 28.0. The van der Waals surface area contributed by atoms with Crippen molar-refractivity contribution in [3.63, 3.8) is 0 Å². The van der Waals surface area contributed by atoms with Crippen LogP contribution in [0.25, 0.3) is 0 Å². The first kappa shape index (κ1) is 19.3. The minimum absolute atomic E-state index is 0.287. The molecule has 0 aromatic heterocycles. The number of aryl methyl sites for hydroxylation is 1. The number of fused-ring (bicyclic) bond motifs is 3. The Kier molecular flexibility index (Phi) is 5.00. The summed E-state index contributed by atoms with van der Waals surface area (Å²) in [5, 5.41) is 0. The van der Waals surface area contributed by atoms with Gasteiger partial charge in [0.1, 0.15) is 5.75 Å². The fourth-order valence-electron chi connectivity index (χ4n) is 4.50. The Bertz CT molecular complexity index is 1090. The third-order valence-electron chi connectivity index (χ3n) is 6.07. The highest BCUT2D eigenvalue weighted by Crippen LogP contribution is 2.35. The molecule has 0 spiro atoms. The van der Waals surface area contributed by atoms with Gasteiger partial charge in [-0.15, -0.1) is 0 Å². The average Bonchev–Trinajstić information content (AvgIpc) is 3.47. The standard InChI is InChI=1S/C26H25NO5/c1-2-21-6-3-18(10-24(21)28-9-1)13-27(14-19-4-7-22-25(11-19)31-16-29-22)15-20-5-8-23-26(12-20)32-17-30-23/h3-8,10-12H,1-2,9,13-17H2. The van der Waals surface area contributed by atoms with Gasteiger partial charge in [0, 0.05) is 19.6 Å². The Morgan fingerprint density at radius 3 is 1.72 bits per heavy atom. The summed E-state index contributed by atoms with van der Waals surface area (Å²) in [6, 6.07) is 19.0. The fourth-order valence-corrected chi connectivity index (χ4v) is 4.50. The van der Waals surface area contributed by atoms with E-state index in [9.17, 15) is 0 Å². The molecule has 0 bridgehead atoms. The minimum atomic E-state index is 0.287. The molecule has 0 unspecified atom stereocenters. The molecule has 164 valence electrons. The first-order valence-corrected chi connectivity index (χ1v) is 11.0. The van der Waals surface area contributed by atoms with E-state index >= 15 is 0 Å². The van der Waals surface area contributed by atoms with Crippen molar-refractivity contribution in [2.45, 2.75) is 32.5 Å². The van der Waals surface area contributed by atoms with E-state index in [1.165, 1.54) is 22.3 Å². The Labute approximate surface area is 187 Å². The first-order valence-electron chi connectivity index (χ1n) is 11.0. The number of hydrogen-bond acceptors (Lipinski definition) is 6. The van der Waals surface area contributed by atoms with Crippen molar-refractivity contribution in [1.82, 2.24) is 4.90 Å². The van der Waals surface area contributed by atoms with Crippen molar-refractivity contribution < 1.29 is 23.7 Å². The summed E-state index contributed by atoms with van der Waals surface area (Å²) >= 11 is 0. The second-order valence-corrected chi connectivity index (χ2v) is 8.41. The van der Waals surface area contributed by atoms with Gasteiger partial charge >= 0.3 is 0 Å². The van der Waals surface area contributed by atoms with E-state index < -0.39 is 0 Å². The minimum Gasteiger partial charge on any atom is -0.493 e. The lowest BCUT2D eigenvalue weighted by atomic mass is 10.0. The number of hydrogen-bond donors (Lipinski definition) is 0. The lowest BCUT2D eigenvalue weighted by Gasteiger charge is -2.24. The molecule has 0 saturated heterocycles. The summed E-state index contributed by atoms with van der Waals surface area (Å²) in [7, 11) is 0. The van der Waals surface area contributed by atoms with Crippen LogP contribution in [0.4, 0.5) is 0 Å². The molecule has 0 amide bonds. The number of nitrogens with zero attached hydrogens (tertiary/aromatic N) is 1. The van der Waals surface area contributed by atoms with Crippen LogP contribution in [0.1, 0.15) is 28.7 Å². The molecule has 3 aromatic carbocycles. The molecule has 6 nitrogen and oxygen atoms in total. The SMILES string of the molecule is c1cc2c(cc1CN(Cc1ccc3c(c1)OCO3)Cc1ccc3c(c1)OCO3)OCCC2. The van der Waals surface area contributed by atoms with Crippen LogP contribution in [0.15, 0.2) is 54.6 Å². The highest BCUT2D eigenvalue weighted by molar-refractivity contribution is 5.46. The van der Waals surface area contributed by atoms with Gasteiger partial charge in [-0.3, -0.25) is 4.90 Å². The molecule has 0 saturated carbocycles. The van der Waals surface area contributed by atoms with Crippen LogP contribution in [0.2, 0.25) is 0 Å². The second kappa shape index (κ2) is 8.28. The van der Waals surface area contributed by atoms with Crippen molar-refractivity contribution in [3.8, 4) is 28.7 Å². The largest absolute Gasteiger partial charge is 0.493 e. The van der Waals surface area contributed by atoms with E-state index in [1.807, 2.05) is 12.1 Å². The van der Waals surface area contributed by atoms with Gasteiger partial charge in [0.25, 0.3) is 0 Å². The molecule has 0 radical (unpaired) electrons. The van der Waals surface area contributed by atoms with Gasteiger partial charge in [0.05, 0.1) is 6.61 Å². The quantitative estimate of drug-likeness (QED) is 0.565. The molecule has 3 aliphatic heterocycles. The topological polar surface area (TPSA) is 49.4 Å². The zero-order valence-corrected chi connectivity index (χ0v) is 17.8. The van der Waals surface area contributed by atoms with Crippen molar-refractivity contribution >= 4 is 0 Å². The molecule has 6 heteroatoms. The molecular formula is C26H25NO5. The van der Waals surface area contributed by atoms with Crippen LogP contribution >= 0.6 is 0 Å². The second-order valence-electron chi connectivity index (χ2n) is 8.41. The molecule has 3 aliphatic rings. The Morgan fingerprint density at radius 1 is 0.562 bits per heavy atom. The lowest BCUT2D eigenvalue weighted by molar-refractivity contribution is 0.173. The van der Waals surface area contributed by atoms with Gasteiger partial charge < -0.3 is 23.7 Å². The molecule has 0 atom stereocenters. The maximum atomic E-state index is 5.90. The van der Waals surface area contributed by atoms with Crippen LogP contribution in [0.5, 0.6) is 28.7 Å². The molecule has 32 heavy (non-hydrogen) atoms. The Morgan fingerprint density at radius 2 is 1.09 bits per heavy atom. The normalized spacial score (nSPS) is 15.5. The molecule has 0 fully saturated rings. The zero-order chi connectivity index (χ0) is 21.3. The van der Waals surface area contributed by atoms with E-state index in [1.54, 1.807) is 0 Å². The summed E-state index contributed by atoms with van der Waals surface area (Å²) in [4.78, 5) is 2.42. The van der Waals surface area contributed by atoms with Gasteiger partial charge in [0.15, 0.2) is 23.0 Å². The van der Waals surface area contributed by atoms with Crippen molar-refractivity contribution in [2.24, 2.45) is 0 Å². The van der Waals surface area contributed by atoms with E-state index in [4.69, 9.17) is 23.7 Å². The highest BCUT2D eigenvalue weighted by Gasteiger charge is 2.18.